The van der Waals surface area contributed by atoms with Gasteiger partial charge in [-0.15, -0.1) is 0 Å². The molecule has 1 atom stereocenters. The number of hydrogen-bond acceptors (Lipinski definition) is 2. The van der Waals surface area contributed by atoms with Crippen LogP contribution in [0.3, 0.4) is 0 Å². The van der Waals surface area contributed by atoms with E-state index in [2.05, 4.69) is 12.2 Å². The highest BCUT2D eigenvalue weighted by atomic mass is 35.5. The zero-order valence-corrected chi connectivity index (χ0v) is 14.6. The molecule has 0 aliphatic carbocycles. The number of carbonyl (C=O) groups excluding carboxylic acids is 1. The molecule has 2 amide bonds. The van der Waals surface area contributed by atoms with Gasteiger partial charge in [0.05, 0.1) is 12.2 Å². The highest BCUT2D eigenvalue weighted by molar-refractivity contribution is 6.31. The fourth-order valence-electron chi connectivity index (χ4n) is 2.74. The molecule has 0 aromatic heterocycles. The Morgan fingerprint density at radius 3 is 2.67 bits per heavy atom. The fourth-order valence-corrected chi connectivity index (χ4v) is 2.91. The molecule has 0 saturated heterocycles. The molecule has 5 heteroatoms. The van der Waals surface area contributed by atoms with Crippen LogP contribution in [0.1, 0.15) is 25.8 Å². The third-order valence-corrected chi connectivity index (χ3v) is 4.44. The Labute approximate surface area is 147 Å². The fraction of sp³-hybridized carbons (Fsp3) is 0.316. The predicted octanol–water partition coefficient (Wildman–Crippen LogP) is 5.11. The molecule has 0 spiro atoms. The third-order valence-electron chi connectivity index (χ3n) is 4.21. The van der Waals surface area contributed by atoms with Crippen LogP contribution in [0.15, 0.2) is 42.5 Å². The lowest BCUT2D eigenvalue weighted by Crippen LogP contribution is -2.45. The molecule has 24 heavy (non-hydrogen) atoms. The Morgan fingerprint density at radius 2 is 2.00 bits per heavy atom. The molecule has 1 aliphatic heterocycles. The number of nitrogens with zero attached hydrogens (tertiary/aromatic N) is 1. The van der Waals surface area contributed by atoms with Crippen molar-refractivity contribution in [2.24, 2.45) is 0 Å². The summed E-state index contributed by atoms with van der Waals surface area (Å²) in [5.74, 6) is 0.689. The average Bonchev–Trinajstić information content (AvgIpc) is 2.61. The summed E-state index contributed by atoms with van der Waals surface area (Å²) in [4.78, 5) is 14.5. The zero-order chi connectivity index (χ0) is 17.1. The van der Waals surface area contributed by atoms with E-state index in [-0.39, 0.29) is 12.1 Å². The van der Waals surface area contributed by atoms with Crippen LogP contribution in [0.5, 0.6) is 5.75 Å². The van der Waals surface area contributed by atoms with E-state index in [9.17, 15) is 4.79 Å². The number of benzene rings is 2. The smallest absolute Gasteiger partial charge is 0.326 e. The van der Waals surface area contributed by atoms with Gasteiger partial charge in [0, 0.05) is 10.7 Å². The molecule has 1 heterocycles. The molecular formula is C19H21ClN2O2. The van der Waals surface area contributed by atoms with Crippen LogP contribution in [-0.2, 0) is 6.42 Å². The summed E-state index contributed by atoms with van der Waals surface area (Å²) in [6.07, 6.45) is 1.78. The second kappa shape index (κ2) is 7.14. The summed E-state index contributed by atoms with van der Waals surface area (Å²) in [6, 6.07) is 13.1. The Morgan fingerprint density at radius 1 is 1.25 bits per heavy atom. The van der Waals surface area contributed by atoms with Gasteiger partial charge < -0.3 is 10.1 Å². The van der Waals surface area contributed by atoms with E-state index in [1.54, 1.807) is 17.0 Å². The number of aryl methyl sites for hydroxylation is 1. The minimum atomic E-state index is -0.176. The second-order valence-corrected chi connectivity index (χ2v) is 6.29. The number of halogens is 1. The lowest BCUT2D eigenvalue weighted by molar-refractivity contribution is 0.188. The molecule has 0 bridgehead atoms. The first kappa shape index (κ1) is 16.7. The van der Waals surface area contributed by atoms with Crippen molar-refractivity contribution in [1.29, 1.82) is 0 Å². The molecule has 0 radical (unpaired) electrons. The van der Waals surface area contributed by atoms with Crippen molar-refractivity contribution in [3.05, 3.63) is 53.1 Å². The average molecular weight is 345 g/mol. The van der Waals surface area contributed by atoms with Crippen LogP contribution < -0.4 is 15.0 Å². The van der Waals surface area contributed by atoms with Gasteiger partial charge in [-0.1, -0.05) is 37.6 Å². The minimum absolute atomic E-state index is 0.0214. The van der Waals surface area contributed by atoms with E-state index in [4.69, 9.17) is 16.3 Å². The van der Waals surface area contributed by atoms with Gasteiger partial charge in [0.2, 0.25) is 0 Å². The number of nitrogens with one attached hydrogen (secondary N) is 1. The van der Waals surface area contributed by atoms with Gasteiger partial charge >= 0.3 is 6.03 Å². The molecule has 2 aromatic rings. The molecule has 0 fully saturated rings. The normalized spacial score (nSPS) is 16.3. The SMILES string of the molecule is CCc1ccc(NC(=O)N2C[C@@H](CC)Oc3ccc(Cl)cc32)cc1. The van der Waals surface area contributed by atoms with Crippen LogP contribution in [0, 0.1) is 0 Å². The van der Waals surface area contributed by atoms with E-state index < -0.39 is 0 Å². The standard InChI is InChI=1S/C19H21ClN2O2/c1-3-13-5-8-15(9-6-13)21-19(23)22-12-16(4-2)24-18-10-7-14(20)11-17(18)22/h5-11,16H,3-4,12H2,1-2H3,(H,21,23)/t16-/m1/s1. The van der Waals surface area contributed by atoms with Crippen molar-refractivity contribution >= 4 is 29.0 Å². The van der Waals surface area contributed by atoms with Crippen molar-refractivity contribution in [2.75, 3.05) is 16.8 Å². The van der Waals surface area contributed by atoms with Gasteiger partial charge in [-0.05, 0) is 48.7 Å². The maximum atomic E-state index is 12.8. The Hall–Kier alpha value is -2.20. The summed E-state index contributed by atoms with van der Waals surface area (Å²) in [5, 5.41) is 3.54. The number of urea groups is 1. The first-order valence-electron chi connectivity index (χ1n) is 8.24. The predicted molar refractivity (Wildman–Crippen MR) is 98.3 cm³/mol. The number of hydrogen-bond donors (Lipinski definition) is 1. The number of rotatable bonds is 3. The molecule has 4 nitrogen and oxygen atoms in total. The largest absolute Gasteiger partial charge is 0.486 e. The summed E-state index contributed by atoms with van der Waals surface area (Å²) >= 11 is 6.10. The topological polar surface area (TPSA) is 41.6 Å². The van der Waals surface area contributed by atoms with Gasteiger partial charge in [-0.2, -0.15) is 0 Å². The van der Waals surface area contributed by atoms with Gasteiger partial charge in [0.1, 0.15) is 11.9 Å². The van der Waals surface area contributed by atoms with Crippen molar-refractivity contribution < 1.29 is 9.53 Å². The van der Waals surface area contributed by atoms with E-state index in [1.165, 1.54) is 5.56 Å². The van der Waals surface area contributed by atoms with Crippen molar-refractivity contribution in [3.63, 3.8) is 0 Å². The van der Waals surface area contributed by atoms with Crippen molar-refractivity contribution in [1.82, 2.24) is 0 Å². The Kier molecular flexibility index (Phi) is 4.95. The number of amides is 2. The lowest BCUT2D eigenvalue weighted by atomic mass is 10.1. The van der Waals surface area contributed by atoms with E-state index in [1.807, 2.05) is 37.3 Å². The van der Waals surface area contributed by atoms with E-state index in [0.29, 0.717) is 23.0 Å². The highest BCUT2D eigenvalue weighted by Gasteiger charge is 2.29. The summed E-state index contributed by atoms with van der Waals surface area (Å²) in [7, 11) is 0. The summed E-state index contributed by atoms with van der Waals surface area (Å²) < 4.78 is 5.92. The number of fused-ring (bicyclic) bond motifs is 1. The Bertz CT molecular complexity index is 731. The number of ether oxygens (including phenoxy) is 1. The van der Waals surface area contributed by atoms with E-state index >= 15 is 0 Å². The van der Waals surface area contributed by atoms with Crippen molar-refractivity contribution in [2.45, 2.75) is 32.8 Å². The van der Waals surface area contributed by atoms with Gasteiger partial charge in [-0.3, -0.25) is 4.90 Å². The third kappa shape index (κ3) is 3.49. The zero-order valence-electron chi connectivity index (χ0n) is 13.9. The monoisotopic (exact) mass is 344 g/mol. The quantitative estimate of drug-likeness (QED) is 0.840. The molecular weight excluding hydrogens is 324 g/mol. The molecule has 126 valence electrons. The lowest BCUT2D eigenvalue weighted by Gasteiger charge is -2.34. The highest BCUT2D eigenvalue weighted by Crippen LogP contribution is 2.36. The summed E-state index contributed by atoms with van der Waals surface area (Å²) in [5.41, 5.74) is 2.72. The molecule has 0 unspecified atom stereocenters. The van der Waals surface area contributed by atoms with E-state index in [0.717, 1.165) is 18.5 Å². The van der Waals surface area contributed by atoms with Gasteiger partial charge in [0.15, 0.2) is 0 Å². The molecule has 3 rings (SSSR count). The van der Waals surface area contributed by atoms with Crippen LogP contribution in [0.2, 0.25) is 5.02 Å². The number of carbonyl (C=O) groups is 1. The molecule has 0 saturated carbocycles. The van der Waals surface area contributed by atoms with Crippen LogP contribution >= 0.6 is 11.6 Å². The first-order valence-corrected chi connectivity index (χ1v) is 8.62. The molecule has 1 N–H and O–H groups in total. The van der Waals surface area contributed by atoms with Crippen molar-refractivity contribution in [3.8, 4) is 5.75 Å². The summed E-state index contributed by atoms with van der Waals surface area (Å²) in [6.45, 7) is 4.65. The van der Waals surface area contributed by atoms with Gasteiger partial charge in [-0.25, -0.2) is 4.79 Å². The second-order valence-electron chi connectivity index (χ2n) is 5.85. The van der Waals surface area contributed by atoms with Gasteiger partial charge in [0.25, 0.3) is 0 Å². The minimum Gasteiger partial charge on any atom is -0.486 e. The molecule has 2 aromatic carbocycles. The maximum Gasteiger partial charge on any atom is 0.326 e. The maximum absolute atomic E-state index is 12.8. The number of anilines is 2. The van der Waals surface area contributed by atoms with Crippen LogP contribution in [0.25, 0.3) is 0 Å². The van der Waals surface area contributed by atoms with Crippen LogP contribution in [-0.4, -0.2) is 18.7 Å². The van der Waals surface area contributed by atoms with Crippen LogP contribution in [0.4, 0.5) is 16.2 Å². The molecule has 1 aliphatic rings. The first-order chi connectivity index (χ1) is 11.6. The Balaban J connectivity index is 1.84.